The Kier molecular flexibility index (Phi) is 4.91. The highest BCUT2D eigenvalue weighted by Gasteiger charge is 2.36. The highest BCUT2D eigenvalue weighted by Crippen LogP contribution is 2.40. The number of ether oxygens (including phenoxy) is 3. The molecule has 10 heteroatoms. The van der Waals surface area contributed by atoms with Gasteiger partial charge in [0.15, 0.2) is 11.5 Å². The number of nitrogens with one attached hydrogen (secondary N) is 2. The second-order valence-corrected chi connectivity index (χ2v) is 9.10. The maximum atomic E-state index is 13.1. The van der Waals surface area contributed by atoms with E-state index in [2.05, 4.69) is 15.3 Å². The fourth-order valence-electron chi connectivity index (χ4n) is 4.84. The lowest BCUT2D eigenvalue weighted by Gasteiger charge is -2.38. The van der Waals surface area contributed by atoms with E-state index in [1.165, 1.54) is 16.8 Å². The number of fused-ring (bicyclic) bond motifs is 2. The number of aromatic amines is 1. The van der Waals surface area contributed by atoms with E-state index in [0.29, 0.717) is 36.9 Å². The molecule has 0 atom stereocenters. The third-order valence-electron chi connectivity index (χ3n) is 6.98. The summed E-state index contributed by atoms with van der Waals surface area (Å²) >= 11 is 0. The van der Waals surface area contributed by atoms with Crippen LogP contribution in [-0.2, 0) is 10.2 Å². The van der Waals surface area contributed by atoms with Crippen molar-refractivity contribution in [3.63, 3.8) is 0 Å². The molecule has 6 rings (SSSR count). The van der Waals surface area contributed by atoms with Crippen molar-refractivity contribution in [1.82, 2.24) is 19.9 Å². The molecule has 2 N–H and O–H groups in total. The molecule has 3 aromatic rings. The Bertz CT molecular complexity index is 1400. The molecular formula is C24H24N4O6. The number of carbonyl (C=O) groups excluding carboxylic acids is 1. The average Bonchev–Trinajstić information content (AvgIpc) is 3.57. The molecular weight excluding hydrogens is 440 g/mol. The number of amides is 1. The van der Waals surface area contributed by atoms with Gasteiger partial charge in [-0.1, -0.05) is 6.07 Å². The Labute approximate surface area is 193 Å². The number of hydrogen-bond acceptors (Lipinski definition) is 7. The SMILES string of the molecule is O=C(NCC1(c2ccc3c(c2)OCO3)CCOCC1)c1cnc2c(c1)c(=O)[nH]c(=O)n2C1CC1. The van der Waals surface area contributed by atoms with Gasteiger partial charge in [-0.2, -0.15) is 0 Å². The van der Waals surface area contributed by atoms with Crippen LogP contribution in [0.5, 0.6) is 11.5 Å². The minimum atomic E-state index is -0.541. The molecule has 3 aliphatic rings. The molecule has 2 aromatic heterocycles. The minimum absolute atomic E-state index is 0.0501. The Hall–Kier alpha value is -3.66. The van der Waals surface area contributed by atoms with Gasteiger partial charge >= 0.3 is 5.69 Å². The quantitative estimate of drug-likeness (QED) is 0.588. The summed E-state index contributed by atoms with van der Waals surface area (Å²) < 4.78 is 18.1. The number of aromatic nitrogens is 3. The summed E-state index contributed by atoms with van der Waals surface area (Å²) in [6.07, 6.45) is 4.66. The van der Waals surface area contributed by atoms with Gasteiger partial charge in [-0.25, -0.2) is 9.78 Å². The lowest BCUT2D eigenvalue weighted by Crippen LogP contribution is -2.44. The lowest BCUT2D eigenvalue weighted by molar-refractivity contribution is 0.0486. The average molecular weight is 464 g/mol. The van der Waals surface area contributed by atoms with Crippen LogP contribution in [0.2, 0.25) is 0 Å². The summed E-state index contributed by atoms with van der Waals surface area (Å²) in [5.41, 5.74) is 0.321. The van der Waals surface area contributed by atoms with Crippen molar-refractivity contribution in [2.24, 2.45) is 0 Å². The summed E-state index contributed by atoms with van der Waals surface area (Å²) in [5.74, 6) is 1.09. The van der Waals surface area contributed by atoms with E-state index in [0.717, 1.165) is 31.2 Å². The zero-order valence-corrected chi connectivity index (χ0v) is 18.5. The molecule has 176 valence electrons. The lowest BCUT2D eigenvalue weighted by atomic mass is 9.74. The van der Waals surface area contributed by atoms with Gasteiger partial charge in [-0.05, 0) is 49.4 Å². The van der Waals surface area contributed by atoms with Crippen molar-refractivity contribution in [2.45, 2.75) is 37.1 Å². The van der Waals surface area contributed by atoms with Gasteiger partial charge in [-0.15, -0.1) is 0 Å². The normalized spacial score (nSPS) is 18.7. The number of rotatable bonds is 5. The summed E-state index contributed by atoms with van der Waals surface area (Å²) in [7, 11) is 0. The van der Waals surface area contributed by atoms with Crippen molar-refractivity contribution < 1.29 is 19.0 Å². The molecule has 2 aliphatic heterocycles. The van der Waals surface area contributed by atoms with Crippen LogP contribution < -0.4 is 26.0 Å². The zero-order chi connectivity index (χ0) is 23.3. The molecule has 0 unspecified atom stereocenters. The molecule has 0 spiro atoms. The number of pyridine rings is 1. The maximum absolute atomic E-state index is 13.1. The number of H-pyrrole nitrogens is 1. The molecule has 10 nitrogen and oxygen atoms in total. The van der Waals surface area contributed by atoms with Gasteiger partial charge in [0.1, 0.15) is 5.65 Å². The fraction of sp³-hybridized carbons (Fsp3) is 0.417. The maximum Gasteiger partial charge on any atom is 0.330 e. The summed E-state index contributed by atoms with van der Waals surface area (Å²) in [6.45, 7) is 1.78. The number of nitrogens with zero attached hydrogens (tertiary/aromatic N) is 2. The molecule has 0 radical (unpaired) electrons. The predicted molar refractivity (Wildman–Crippen MR) is 122 cm³/mol. The Balaban J connectivity index is 1.28. The molecule has 0 bridgehead atoms. The molecule has 2 fully saturated rings. The number of hydrogen-bond donors (Lipinski definition) is 2. The first-order chi connectivity index (χ1) is 16.5. The van der Waals surface area contributed by atoms with Crippen molar-refractivity contribution in [1.29, 1.82) is 0 Å². The van der Waals surface area contributed by atoms with Crippen molar-refractivity contribution >= 4 is 16.9 Å². The first kappa shape index (κ1) is 20.9. The number of benzene rings is 1. The van der Waals surface area contributed by atoms with E-state index < -0.39 is 11.2 Å². The van der Waals surface area contributed by atoms with Crippen LogP contribution in [-0.4, -0.2) is 47.0 Å². The van der Waals surface area contributed by atoms with E-state index in [-0.39, 0.29) is 35.1 Å². The minimum Gasteiger partial charge on any atom is -0.454 e. The van der Waals surface area contributed by atoms with Crippen LogP contribution >= 0.6 is 0 Å². The third-order valence-corrected chi connectivity index (χ3v) is 6.98. The van der Waals surface area contributed by atoms with Crippen molar-refractivity contribution in [2.75, 3.05) is 26.6 Å². The van der Waals surface area contributed by atoms with Crippen LogP contribution in [0.15, 0.2) is 40.1 Å². The van der Waals surface area contributed by atoms with Crippen LogP contribution in [0.3, 0.4) is 0 Å². The first-order valence-electron chi connectivity index (χ1n) is 11.4. The second kappa shape index (κ2) is 7.98. The highest BCUT2D eigenvalue weighted by atomic mass is 16.7. The predicted octanol–water partition coefficient (Wildman–Crippen LogP) is 1.63. The molecule has 4 heterocycles. The smallest absolute Gasteiger partial charge is 0.330 e. The topological polar surface area (TPSA) is 125 Å². The zero-order valence-electron chi connectivity index (χ0n) is 18.5. The van der Waals surface area contributed by atoms with E-state index in [4.69, 9.17) is 14.2 Å². The van der Waals surface area contributed by atoms with E-state index >= 15 is 0 Å². The fourth-order valence-corrected chi connectivity index (χ4v) is 4.84. The van der Waals surface area contributed by atoms with Crippen LogP contribution in [0, 0.1) is 0 Å². The summed E-state index contributed by atoms with van der Waals surface area (Å²) in [5, 5.41) is 3.27. The van der Waals surface area contributed by atoms with E-state index in [1.807, 2.05) is 18.2 Å². The van der Waals surface area contributed by atoms with Gasteiger partial charge in [-0.3, -0.25) is 19.1 Å². The Morgan fingerprint density at radius 2 is 1.94 bits per heavy atom. The van der Waals surface area contributed by atoms with Gasteiger partial charge in [0, 0.05) is 37.4 Å². The van der Waals surface area contributed by atoms with E-state index in [1.54, 1.807) is 0 Å². The molecule has 1 aromatic carbocycles. The third kappa shape index (κ3) is 3.54. The Morgan fingerprint density at radius 3 is 2.74 bits per heavy atom. The summed E-state index contributed by atoms with van der Waals surface area (Å²) in [6, 6.07) is 7.45. The second-order valence-electron chi connectivity index (χ2n) is 9.10. The van der Waals surface area contributed by atoms with Crippen LogP contribution in [0.1, 0.15) is 47.6 Å². The summed E-state index contributed by atoms with van der Waals surface area (Å²) in [4.78, 5) is 44.4. The molecule has 1 amide bonds. The van der Waals surface area contributed by atoms with Crippen LogP contribution in [0.4, 0.5) is 0 Å². The van der Waals surface area contributed by atoms with E-state index in [9.17, 15) is 14.4 Å². The largest absolute Gasteiger partial charge is 0.454 e. The Morgan fingerprint density at radius 1 is 1.15 bits per heavy atom. The molecule has 1 aliphatic carbocycles. The van der Waals surface area contributed by atoms with Gasteiger partial charge < -0.3 is 19.5 Å². The number of carbonyl (C=O) groups is 1. The molecule has 1 saturated carbocycles. The molecule has 34 heavy (non-hydrogen) atoms. The first-order valence-corrected chi connectivity index (χ1v) is 11.4. The van der Waals surface area contributed by atoms with Crippen LogP contribution in [0.25, 0.3) is 11.0 Å². The highest BCUT2D eigenvalue weighted by molar-refractivity contribution is 5.96. The van der Waals surface area contributed by atoms with Gasteiger partial charge in [0.25, 0.3) is 11.5 Å². The standard InChI is InChI=1S/C24H24N4O6/c29-21(14-9-17-20(25-11-14)28(16-2-3-16)23(31)27-22(17)30)26-12-24(5-7-32-8-6-24)15-1-4-18-19(10-15)34-13-33-18/h1,4,9-11,16H,2-3,5-8,12-13H2,(H,26,29)(H,27,30,31). The van der Waals surface area contributed by atoms with Crippen molar-refractivity contribution in [3.8, 4) is 11.5 Å². The van der Waals surface area contributed by atoms with Gasteiger partial charge in [0.2, 0.25) is 6.79 Å². The molecule has 1 saturated heterocycles. The van der Waals surface area contributed by atoms with Crippen molar-refractivity contribution in [3.05, 3.63) is 62.4 Å². The van der Waals surface area contributed by atoms with Gasteiger partial charge in [0.05, 0.1) is 10.9 Å². The monoisotopic (exact) mass is 464 g/mol.